The summed E-state index contributed by atoms with van der Waals surface area (Å²) in [5.41, 5.74) is 3.99. The second-order valence-corrected chi connectivity index (χ2v) is 4.49. The Morgan fingerprint density at radius 3 is 2.38 bits per heavy atom. The van der Waals surface area contributed by atoms with Crippen molar-refractivity contribution in [3.63, 3.8) is 0 Å². The second kappa shape index (κ2) is 6.76. The van der Waals surface area contributed by atoms with Gasteiger partial charge in [0, 0.05) is 0 Å². The molecule has 2 aromatic carbocycles. The van der Waals surface area contributed by atoms with Crippen molar-refractivity contribution < 1.29 is 14.3 Å². The minimum atomic E-state index is -1.28. The SMILES string of the molecule is C/C(=N/NC(=O)[C@@H](O)c1ccccc1)c1ccc(F)cc1. The van der Waals surface area contributed by atoms with Crippen molar-refractivity contribution in [1.82, 2.24) is 5.43 Å². The van der Waals surface area contributed by atoms with E-state index in [0.717, 1.165) is 0 Å². The maximum Gasteiger partial charge on any atom is 0.273 e. The van der Waals surface area contributed by atoms with Gasteiger partial charge in [0.25, 0.3) is 5.91 Å². The lowest BCUT2D eigenvalue weighted by Crippen LogP contribution is -2.26. The molecular formula is C16H15FN2O2. The predicted octanol–water partition coefficient (Wildman–Crippen LogP) is 2.40. The van der Waals surface area contributed by atoms with Gasteiger partial charge in [0.1, 0.15) is 5.82 Å². The molecule has 4 nitrogen and oxygen atoms in total. The van der Waals surface area contributed by atoms with Crippen LogP contribution in [0.4, 0.5) is 4.39 Å². The lowest BCUT2D eigenvalue weighted by Gasteiger charge is -2.09. The molecule has 0 aliphatic rings. The molecule has 0 spiro atoms. The number of halogens is 1. The Balaban J connectivity index is 2.03. The van der Waals surface area contributed by atoms with Gasteiger partial charge in [-0.05, 0) is 30.2 Å². The second-order valence-electron chi connectivity index (χ2n) is 4.49. The van der Waals surface area contributed by atoms with E-state index < -0.39 is 12.0 Å². The number of hydrogen-bond donors (Lipinski definition) is 2. The van der Waals surface area contributed by atoms with Crippen LogP contribution in [0.1, 0.15) is 24.2 Å². The zero-order valence-corrected chi connectivity index (χ0v) is 11.5. The molecule has 108 valence electrons. The fourth-order valence-electron chi connectivity index (χ4n) is 1.74. The number of carbonyl (C=O) groups is 1. The molecule has 1 amide bonds. The molecule has 1 atom stereocenters. The van der Waals surface area contributed by atoms with E-state index in [1.807, 2.05) is 0 Å². The van der Waals surface area contributed by atoms with Gasteiger partial charge in [0.15, 0.2) is 6.10 Å². The van der Waals surface area contributed by atoms with Crippen molar-refractivity contribution in [2.75, 3.05) is 0 Å². The van der Waals surface area contributed by atoms with E-state index in [-0.39, 0.29) is 5.82 Å². The first-order chi connectivity index (χ1) is 10.1. The highest BCUT2D eigenvalue weighted by atomic mass is 19.1. The molecule has 0 radical (unpaired) electrons. The fraction of sp³-hybridized carbons (Fsp3) is 0.125. The van der Waals surface area contributed by atoms with Crippen LogP contribution in [0.2, 0.25) is 0 Å². The summed E-state index contributed by atoms with van der Waals surface area (Å²) in [5.74, 6) is -0.960. The molecule has 2 aromatic rings. The van der Waals surface area contributed by atoms with Gasteiger partial charge in [0.05, 0.1) is 5.71 Å². The van der Waals surface area contributed by atoms with E-state index in [1.165, 1.54) is 12.1 Å². The molecule has 0 bridgehead atoms. The highest BCUT2D eigenvalue weighted by Crippen LogP contribution is 2.12. The van der Waals surface area contributed by atoms with E-state index in [1.54, 1.807) is 49.4 Å². The predicted molar refractivity (Wildman–Crippen MR) is 78.2 cm³/mol. The molecule has 2 N–H and O–H groups in total. The maximum atomic E-state index is 12.8. The quantitative estimate of drug-likeness (QED) is 0.669. The average molecular weight is 286 g/mol. The van der Waals surface area contributed by atoms with Crippen LogP contribution in [-0.2, 0) is 4.79 Å². The molecule has 0 fully saturated rings. The Bertz CT molecular complexity index is 639. The van der Waals surface area contributed by atoms with Crippen LogP contribution in [0.5, 0.6) is 0 Å². The summed E-state index contributed by atoms with van der Waals surface area (Å²) in [5, 5.41) is 13.8. The Labute approximate surface area is 121 Å². The third-order valence-electron chi connectivity index (χ3n) is 2.96. The van der Waals surface area contributed by atoms with Crippen molar-refractivity contribution in [3.05, 3.63) is 71.5 Å². The number of benzene rings is 2. The van der Waals surface area contributed by atoms with E-state index >= 15 is 0 Å². The molecule has 0 saturated heterocycles. The monoisotopic (exact) mass is 286 g/mol. The van der Waals surface area contributed by atoms with Crippen molar-refractivity contribution in [3.8, 4) is 0 Å². The Morgan fingerprint density at radius 1 is 1.14 bits per heavy atom. The van der Waals surface area contributed by atoms with Crippen LogP contribution in [-0.4, -0.2) is 16.7 Å². The van der Waals surface area contributed by atoms with Gasteiger partial charge in [-0.15, -0.1) is 0 Å². The van der Waals surface area contributed by atoms with Gasteiger partial charge in [-0.3, -0.25) is 4.79 Å². The molecule has 21 heavy (non-hydrogen) atoms. The van der Waals surface area contributed by atoms with Crippen LogP contribution < -0.4 is 5.43 Å². The van der Waals surface area contributed by atoms with Crippen LogP contribution in [0.25, 0.3) is 0 Å². The molecule has 0 aliphatic carbocycles. The zero-order chi connectivity index (χ0) is 15.2. The summed E-state index contributed by atoms with van der Waals surface area (Å²) in [6.45, 7) is 1.68. The van der Waals surface area contributed by atoms with Crippen LogP contribution in [0.15, 0.2) is 59.7 Å². The number of carbonyl (C=O) groups excluding carboxylic acids is 1. The Morgan fingerprint density at radius 2 is 1.76 bits per heavy atom. The number of nitrogens with zero attached hydrogens (tertiary/aromatic N) is 1. The molecule has 0 aromatic heterocycles. The summed E-state index contributed by atoms with van der Waals surface area (Å²) in [6.07, 6.45) is -1.28. The Hall–Kier alpha value is -2.53. The number of rotatable bonds is 4. The summed E-state index contributed by atoms with van der Waals surface area (Å²) in [6, 6.07) is 14.3. The van der Waals surface area contributed by atoms with Gasteiger partial charge >= 0.3 is 0 Å². The van der Waals surface area contributed by atoms with Crippen molar-refractivity contribution in [2.45, 2.75) is 13.0 Å². The maximum absolute atomic E-state index is 12.8. The van der Waals surface area contributed by atoms with Crippen LogP contribution >= 0.6 is 0 Å². The summed E-state index contributed by atoms with van der Waals surface area (Å²) in [4.78, 5) is 11.8. The first-order valence-corrected chi connectivity index (χ1v) is 6.41. The number of aliphatic hydroxyl groups excluding tert-OH is 1. The topological polar surface area (TPSA) is 61.7 Å². The third-order valence-corrected chi connectivity index (χ3v) is 2.96. The number of hydrazone groups is 1. The van der Waals surface area contributed by atoms with Crippen LogP contribution in [0, 0.1) is 5.82 Å². The standard InChI is InChI=1S/C16H15FN2O2/c1-11(12-7-9-14(17)10-8-12)18-19-16(21)15(20)13-5-3-2-4-6-13/h2-10,15,20H,1H3,(H,19,21)/b18-11-/t15-/m0/s1. The van der Waals surface area contributed by atoms with Gasteiger partial charge in [0.2, 0.25) is 0 Å². The summed E-state index contributed by atoms with van der Waals surface area (Å²) < 4.78 is 12.8. The largest absolute Gasteiger partial charge is 0.378 e. The average Bonchev–Trinajstić information content (AvgIpc) is 2.53. The van der Waals surface area contributed by atoms with Crippen molar-refractivity contribution in [2.24, 2.45) is 5.10 Å². The first-order valence-electron chi connectivity index (χ1n) is 6.41. The molecule has 0 heterocycles. The lowest BCUT2D eigenvalue weighted by atomic mass is 10.1. The molecule has 2 rings (SSSR count). The van der Waals surface area contributed by atoms with Gasteiger partial charge in [-0.25, -0.2) is 9.82 Å². The minimum absolute atomic E-state index is 0.338. The van der Waals surface area contributed by atoms with Gasteiger partial charge < -0.3 is 5.11 Å². The number of nitrogens with one attached hydrogen (secondary N) is 1. The van der Waals surface area contributed by atoms with E-state index in [4.69, 9.17) is 0 Å². The minimum Gasteiger partial charge on any atom is -0.378 e. The fourth-order valence-corrected chi connectivity index (χ4v) is 1.74. The highest BCUT2D eigenvalue weighted by Gasteiger charge is 2.16. The number of hydrogen-bond acceptors (Lipinski definition) is 3. The normalized spacial score (nSPS) is 12.8. The molecule has 0 aliphatic heterocycles. The number of aliphatic hydroxyl groups is 1. The van der Waals surface area contributed by atoms with Crippen molar-refractivity contribution in [1.29, 1.82) is 0 Å². The first kappa shape index (κ1) is 14.9. The smallest absolute Gasteiger partial charge is 0.273 e. The Kier molecular flexibility index (Phi) is 4.79. The van der Waals surface area contributed by atoms with Gasteiger partial charge in [-0.1, -0.05) is 42.5 Å². The van der Waals surface area contributed by atoms with Gasteiger partial charge in [-0.2, -0.15) is 5.10 Å². The van der Waals surface area contributed by atoms with E-state index in [0.29, 0.717) is 16.8 Å². The molecule has 0 saturated carbocycles. The van der Waals surface area contributed by atoms with E-state index in [9.17, 15) is 14.3 Å². The number of amides is 1. The third kappa shape index (κ3) is 3.97. The van der Waals surface area contributed by atoms with E-state index in [2.05, 4.69) is 10.5 Å². The van der Waals surface area contributed by atoms with Crippen molar-refractivity contribution >= 4 is 11.6 Å². The highest BCUT2D eigenvalue weighted by molar-refractivity contribution is 5.99. The molecule has 5 heteroatoms. The zero-order valence-electron chi connectivity index (χ0n) is 11.5. The molecular weight excluding hydrogens is 271 g/mol. The molecule has 0 unspecified atom stereocenters. The summed E-state index contributed by atoms with van der Waals surface area (Å²) in [7, 11) is 0. The van der Waals surface area contributed by atoms with Crippen LogP contribution in [0.3, 0.4) is 0 Å². The lowest BCUT2D eigenvalue weighted by molar-refractivity contribution is -0.129. The summed E-state index contributed by atoms with van der Waals surface area (Å²) >= 11 is 0.